The molecule has 0 fully saturated rings. The zero-order valence-electron chi connectivity index (χ0n) is 15.3. The summed E-state index contributed by atoms with van der Waals surface area (Å²) in [5.74, 6) is 0.685. The quantitative estimate of drug-likeness (QED) is 0.326. The predicted octanol–water partition coefficient (Wildman–Crippen LogP) is 3.91. The number of aromatic nitrogens is 2. The average Bonchev–Trinajstić information content (AvgIpc) is 2.68. The second-order valence-electron chi connectivity index (χ2n) is 5.82. The van der Waals surface area contributed by atoms with Crippen LogP contribution in [0, 0.1) is 10.1 Å². The van der Waals surface area contributed by atoms with Crippen LogP contribution >= 0.6 is 15.9 Å². The maximum atomic E-state index is 12.9. The van der Waals surface area contributed by atoms with Gasteiger partial charge in [-0.2, -0.15) is 9.78 Å². The lowest BCUT2D eigenvalue weighted by atomic mass is 10.2. The Morgan fingerprint density at radius 1 is 1.29 bits per heavy atom. The van der Waals surface area contributed by atoms with Gasteiger partial charge in [0.2, 0.25) is 0 Å². The molecule has 8 nitrogen and oxygen atoms in total. The Morgan fingerprint density at radius 2 is 2.07 bits per heavy atom. The molecule has 0 radical (unpaired) electrons. The maximum Gasteiger partial charge on any atom is 0.311 e. The fourth-order valence-corrected chi connectivity index (χ4v) is 3.06. The van der Waals surface area contributed by atoms with Gasteiger partial charge in [0.15, 0.2) is 5.75 Å². The molecule has 0 amide bonds. The van der Waals surface area contributed by atoms with Gasteiger partial charge in [0.1, 0.15) is 5.82 Å². The summed E-state index contributed by atoms with van der Waals surface area (Å²) in [5.41, 5.74) is 0.598. The van der Waals surface area contributed by atoms with Gasteiger partial charge >= 0.3 is 5.69 Å². The van der Waals surface area contributed by atoms with Crippen molar-refractivity contribution in [3.05, 3.63) is 72.7 Å². The minimum Gasteiger partial charge on any atom is -0.487 e. The van der Waals surface area contributed by atoms with Gasteiger partial charge in [-0.25, -0.2) is 4.98 Å². The standard InChI is InChI=1S/C19H17BrN4O4/c1-3-18-22-15-7-6-13(20)10-14(15)19(25)23(18)21-11-12-5-8-17(28-4-2)16(9-12)24(26)27/h5-11H,3-4H2,1-2H3. The molecule has 0 saturated heterocycles. The van der Waals surface area contributed by atoms with Crippen molar-refractivity contribution in [3.8, 4) is 5.75 Å². The van der Waals surface area contributed by atoms with Crippen molar-refractivity contribution in [2.45, 2.75) is 20.3 Å². The number of nitrogens with zero attached hydrogens (tertiary/aromatic N) is 4. The number of nitro groups is 1. The van der Waals surface area contributed by atoms with Crippen molar-refractivity contribution in [1.29, 1.82) is 0 Å². The summed E-state index contributed by atoms with van der Waals surface area (Å²) in [6, 6.07) is 9.80. The number of fused-ring (bicyclic) bond motifs is 1. The smallest absolute Gasteiger partial charge is 0.311 e. The van der Waals surface area contributed by atoms with Crippen LogP contribution in [0.25, 0.3) is 10.9 Å². The molecular weight excluding hydrogens is 428 g/mol. The Kier molecular flexibility index (Phi) is 5.84. The zero-order chi connectivity index (χ0) is 20.3. The van der Waals surface area contributed by atoms with Crippen molar-refractivity contribution in [2.75, 3.05) is 6.61 Å². The van der Waals surface area contributed by atoms with E-state index in [0.29, 0.717) is 35.3 Å². The van der Waals surface area contributed by atoms with E-state index < -0.39 is 4.92 Å². The Hall–Kier alpha value is -3.07. The van der Waals surface area contributed by atoms with Crippen molar-refractivity contribution in [3.63, 3.8) is 0 Å². The van der Waals surface area contributed by atoms with Gasteiger partial charge in [-0.3, -0.25) is 14.9 Å². The lowest BCUT2D eigenvalue weighted by Crippen LogP contribution is -2.22. The number of halogens is 1. The number of hydrogen-bond donors (Lipinski definition) is 0. The van der Waals surface area contributed by atoms with E-state index in [0.717, 1.165) is 4.47 Å². The van der Waals surface area contributed by atoms with E-state index in [9.17, 15) is 14.9 Å². The van der Waals surface area contributed by atoms with E-state index in [1.807, 2.05) is 13.0 Å². The number of ether oxygens (including phenoxy) is 1. The van der Waals surface area contributed by atoms with Gasteiger partial charge in [-0.1, -0.05) is 22.9 Å². The van der Waals surface area contributed by atoms with Gasteiger partial charge in [0.05, 0.1) is 28.6 Å². The molecule has 28 heavy (non-hydrogen) atoms. The van der Waals surface area contributed by atoms with Crippen molar-refractivity contribution in [2.24, 2.45) is 5.10 Å². The molecule has 0 saturated carbocycles. The third-order valence-corrected chi connectivity index (χ3v) is 4.49. The van der Waals surface area contributed by atoms with Gasteiger partial charge in [0.25, 0.3) is 5.56 Å². The lowest BCUT2D eigenvalue weighted by Gasteiger charge is -2.08. The van der Waals surface area contributed by atoms with Crippen LogP contribution in [0.2, 0.25) is 0 Å². The molecule has 0 bridgehead atoms. The fraction of sp³-hybridized carbons (Fsp3) is 0.211. The summed E-state index contributed by atoms with van der Waals surface area (Å²) in [4.78, 5) is 28.1. The highest BCUT2D eigenvalue weighted by Gasteiger charge is 2.15. The monoisotopic (exact) mass is 444 g/mol. The first kappa shape index (κ1) is 19.7. The van der Waals surface area contributed by atoms with Gasteiger partial charge < -0.3 is 4.74 Å². The van der Waals surface area contributed by atoms with Crippen LogP contribution in [-0.4, -0.2) is 27.4 Å². The molecule has 0 aliphatic carbocycles. The number of nitro benzene ring substituents is 1. The number of rotatable bonds is 6. The SMILES string of the molecule is CCOc1ccc(C=Nn2c(CC)nc3ccc(Br)cc3c2=O)cc1[N+](=O)[O-]. The summed E-state index contributed by atoms with van der Waals surface area (Å²) in [6.07, 6.45) is 1.90. The van der Waals surface area contributed by atoms with E-state index >= 15 is 0 Å². The number of aryl methyl sites for hydroxylation is 1. The molecule has 1 heterocycles. The molecular formula is C19H17BrN4O4. The Morgan fingerprint density at radius 3 is 2.75 bits per heavy atom. The highest BCUT2D eigenvalue weighted by atomic mass is 79.9. The van der Waals surface area contributed by atoms with Crippen LogP contribution in [0.4, 0.5) is 5.69 Å². The number of hydrogen-bond acceptors (Lipinski definition) is 6. The highest BCUT2D eigenvalue weighted by Crippen LogP contribution is 2.27. The maximum absolute atomic E-state index is 12.9. The zero-order valence-corrected chi connectivity index (χ0v) is 16.8. The van der Waals surface area contributed by atoms with Crippen molar-refractivity contribution in [1.82, 2.24) is 9.66 Å². The van der Waals surface area contributed by atoms with Gasteiger partial charge in [-0.15, -0.1) is 0 Å². The summed E-state index contributed by atoms with van der Waals surface area (Å²) in [7, 11) is 0. The first-order valence-corrected chi connectivity index (χ1v) is 9.40. The minimum atomic E-state index is -0.513. The van der Waals surface area contributed by atoms with Crippen LogP contribution in [0.3, 0.4) is 0 Å². The first-order chi connectivity index (χ1) is 13.4. The molecule has 144 valence electrons. The topological polar surface area (TPSA) is 99.6 Å². The van der Waals surface area contributed by atoms with E-state index in [1.165, 1.54) is 23.0 Å². The molecule has 1 aromatic heterocycles. The normalized spacial score (nSPS) is 11.2. The average molecular weight is 445 g/mol. The van der Waals surface area contributed by atoms with Crippen LogP contribution in [0.1, 0.15) is 25.2 Å². The second-order valence-corrected chi connectivity index (χ2v) is 6.74. The molecule has 3 rings (SSSR count). The molecule has 9 heteroatoms. The van der Waals surface area contributed by atoms with E-state index in [4.69, 9.17) is 4.74 Å². The van der Waals surface area contributed by atoms with Gasteiger partial charge in [-0.05, 0) is 37.3 Å². The Labute approximate surface area is 168 Å². The molecule has 0 atom stereocenters. The molecule has 0 unspecified atom stereocenters. The summed E-state index contributed by atoms with van der Waals surface area (Å²) in [5, 5.41) is 15.9. The Balaban J connectivity index is 2.08. The third-order valence-electron chi connectivity index (χ3n) is 3.99. The third kappa shape index (κ3) is 3.94. The van der Waals surface area contributed by atoms with E-state index in [2.05, 4.69) is 26.0 Å². The highest BCUT2D eigenvalue weighted by molar-refractivity contribution is 9.10. The lowest BCUT2D eigenvalue weighted by molar-refractivity contribution is -0.385. The second kappa shape index (κ2) is 8.30. The molecule has 0 N–H and O–H groups in total. The van der Waals surface area contributed by atoms with Crippen LogP contribution < -0.4 is 10.3 Å². The minimum absolute atomic E-state index is 0.158. The summed E-state index contributed by atoms with van der Waals surface area (Å²) in [6.45, 7) is 3.95. The molecule has 3 aromatic rings. The Bertz CT molecular complexity index is 1140. The molecule has 0 aliphatic rings. The molecule has 0 spiro atoms. The molecule has 0 aliphatic heterocycles. The van der Waals surface area contributed by atoms with Gasteiger partial charge in [0, 0.05) is 22.5 Å². The largest absolute Gasteiger partial charge is 0.487 e. The van der Waals surface area contributed by atoms with Crippen LogP contribution in [-0.2, 0) is 6.42 Å². The fourth-order valence-electron chi connectivity index (χ4n) is 2.70. The van der Waals surface area contributed by atoms with Crippen molar-refractivity contribution < 1.29 is 9.66 Å². The first-order valence-electron chi connectivity index (χ1n) is 8.61. The van der Waals surface area contributed by atoms with Crippen LogP contribution in [0.5, 0.6) is 5.75 Å². The number of benzene rings is 2. The predicted molar refractivity (Wildman–Crippen MR) is 110 cm³/mol. The van der Waals surface area contributed by atoms with Crippen LogP contribution in [0.15, 0.2) is 50.8 Å². The molecule has 2 aromatic carbocycles. The van der Waals surface area contributed by atoms with E-state index in [1.54, 1.807) is 25.1 Å². The summed E-state index contributed by atoms with van der Waals surface area (Å²) < 4.78 is 7.26. The summed E-state index contributed by atoms with van der Waals surface area (Å²) >= 11 is 3.35. The van der Waals surface area contributed by atoms with Crippen molar-refractivity contribution >= 4 is 38.7 Å². The van der Waals surface area contributed by atoms with E-state index in [-0.39, 0.29) is 17.0 Å².